The Balaban J connectivity index is 0.00000392. The number of amides is 2. The van der Waals surface area contributed by atoms with Gasteiger partial charge in [0.2, 0.25) is 0 Å². The minimum Gasteiger partial charge on any atom is -0.469 e. The van der Waals surface area contributed by atoms with E-state index < -0.39 is 0 Å². The molecule has 2 amide bonds. The maximum Gasteiger partial charge on any atom is 0.319 e. The van der Waals surface area contributed by atoms with Crippen LogP contribution in [-0.2, 0) is 13.0 Å². The van der Waals surface area contributed by atoms with Gasteiger partial charge in [-0.2, -0.15) is 0 Å². The average Bonchev–Trinajstić information content (AvgIpc) is 3.13. The van der Waals surface area contributed by atoms with Crippen LogP contribution in [0.5, 0.6) is 0 Å². The van der Waals surface area contributed by atoms with Crippen LogP contribution in [0.3, 0.4) is 0 Å². The molecule has 0 bridgehead atoms. The Morgan fingerprint density at radius 2 is 1.89 bits per heavy atom. The molecule has 0 radical (unpaired) electrons. The van der Waals surface area contributed by atoms with Crippen LogP contribution in [0, 0.1) is 0 Å². The lowest BCUT2D eigenvalue weighted by Crippen LogP contribution is -2.38. The summed E-state index contributed by atoms with van der Waals surface area (Å²) in [5, 5.41) is 12.1. The molecule has 0 saturated heterocycles. The normalized spacial score (nSPS) is 10.9. The summed E-state index contributed by atoms with van der Waals surface area (Å²) in [6, 6.07) is 11.4. The van der Waals surface area contributed by atoms with Crippen LogP contribution in [0.2, 0.25) is 0 Å². The molecule has 0 saturated carbocycles. The first-order chi connectivity index (χ1) is 13.1. The highest BCUT2D eigenvalue weighted by Crippen LogP contribution is 2.10. The van der Waals surface area contributed by atoms with Gasteiger partial charge in [0.25, 0.3) is 0 Å². The molecular formula is C20H30IN5O2. The number of nitrogens with zero attached hydrogens (tertiary/aromatic N) is 1. The van der Waals surface area contributed by atoms with Gasteiger partial charge in [-0.05, 0) is 50.6 Å². The SMILES string of the molecule is CCNC(=NCc1ccc(NC(=O)NC(C)C)cc1)NCCc1ccco1.I. The maximum absolute atomic E-state index is 11.7. The van der Waals surface area contributed by atoms with Crippen molar-refractivity contribution in [1.82, 2.24) is 16.0 Å². The second-order valence-electron chi connectivity index (χ2n) is 6.40. The minimum absolute atomic E-state index is 0. The van der Waals surface area contributed by atoms with Gasteiger partial charge in [0.15, 0.2) is 5.96 Å². The van der Waals surface area contributed by atoms with Gasteiger partial charge in [0, 0.05) is 31.2 Å². The molecule has 7 nitrogen and oxygen atoms in total. The summed E-state index contributed by atoms with van der Waals surface area (Å²) in [5.41, 5.74) is 1.82. The number of anilines is 1. The Bertz CT molecular complexity index is 715. The van der Waals surface area contributed by atoms with Crippen molar-refractivity contribution < 1.29 is 9.21 Å². The number of urea groups is 1. The molecule has 0 aliphatic carbocycles. The van der Waals surface area contributed by atoms with Gasteiger partial charge in [-0.15, -0.1) is 24.0 Å². The Labute approximate surface area is 183 Å². The Morgan fingerprint density at radius 3 is 2.50 bits per heavy atom. The number of halogens is 1. The molecule has 28 heavy (non-hydrogen) atoms. The molecule has 1 aromatic carbocycles. The van der Waals surface area contributed by atoms with Crippen LogP contribution in [-0.4, -0.2) is 31.1 Å². The average molecular weight is 499 g/mol. The van der Waals surface area contributed by atoms with Crippen molar-refractivity contribution in [2.45, 2.75) is 39.8 Å². The molecule has 0 atom stereocenters. The van der Waals surface area contributed by atoms with E-state index in [1.807, 2.05) is 57.2 Å². The molecule has 0 fully saturated rings. The molecule has 0 unspecified atom stereocenters. The summed E-state index contributed by atoms with van der Waals surface area (Å²) in [5.74, 6) is 1.71. The Morgan fingerprint density at radius 1 is 1.14 bits per heavy atom. The predicted octanol–water partition coefficient (Wildman–Crippen LogP) is 3.73. The van der Waals surface area contributed by atoms with Crippen molar-refractivity contribution in [3.8, 4) is 0 Å². The number of nitrogens with one attached hydrogen (secondary N) is 4. The quantitative estimate of drug-likeness (QED) is 0.253. The van der Waals surface area contributed by atoms with E-state index >= 15 is 0 Å². The van der Waals surface area contributed by atoms with E-state index in [-0.39, 0.29) is 36.0 Å². The molecule has 0 aliphatic heterocycles. The van der Waals surface area contributed by atoms with E-state index in [0.29, 0.717) is 6.54 Å². The molecule has 154 valence electrons. The predicted molar refractivity (Wildman–Crippen MR) is 124 cm³/mol. The summed E-state index contributed by atoms with van der Waals surface area (Å²) in [6.07, 6.45) is 2.48. The minimum atomic E-state index is -0.203. The van der Waals surface area contributed by atoms with Gasteiger partial charge < -0.3 is 25.7 Å². The van der Waals surface area contributed by atoms with Crippen molar-refractivity contribution in [1.29, 1.82) is 0 Å². The number of carbonyl (C=O) groups excluding carboxylic acids is 1. The van der Waals surface area contributed by atoms with Crippen molar-refractivity contribution >= 4 is 41.7 Å². The first kappa shape index (κ1) is 23.8. The van der Waals surface area contributed by atoms with E-state index in [2.05, 4.69) is 26.3 Å². The lowest BCUT2D eigenvalue weighted by molar-refractivity contribution is 0.250. The Kier molecular flexibility index (Phi) is 11.1. The van der Waals surface area contributed by atoms with Gasteiger partial charge in [0.1, 0.15) is 5.76 Å². The number of carbonyl (C=O) groups is 1. The first-order valence-corrected chi connectivity index (χ1v) is 9.28. The summed E-state index contributed by atoms with van der Waals surface area (Å²) >= 11 is 0. The van der Waals surface area contributed by atoms with Crippen LogP contribution in [0.1, 0.15) is 32.1 Å². The van der Waals surface area contributed by atoms with Crippen LogP contribution in [0.25, 0.3) is 0 Å². The largest absolute Gasteiger partial charge is 0.469 e. The molecule has 8 heteroatoms. The van der Waals surface area contributed by atoms with Gasteiger partial charge in [-0.25, -0.2) is 9.79 Å². The van der Waals surface area contributed by atoms with Crippen molar-refractivity contribution in [2.24, 2.45) is 4.99 Å². The zero-order chi connectivity index (χ0) is 19.5. The van der Waals surface area contributed by atoms with Crippen LogP contribution < -0.4 is 21.3 Å². The number of hydrogen-bond donors (Lipinski definition) is 4. The zero-order valence-corrected chi connectivity index (χ0v) is 18.9. The third kappa shape index (κ3) is 9.12. The number of guanidine groups is 1. The Hall–Kier alpha value is -2.23. The van der Waals surface area contributed by atoms with Gasteiger partial charge >= 0.3 is 6.03 Å². The lowest BCUT2D eigenvalue weighted by Gasteiger charge is -2.11. The molecule has 2 aromatic rings. The molecule has 1 heterocycles. The number of furan rings is 1. The van der Waals surface area contributed by atoms with Crippen LogP contribution >= 0.6 is 24.0 Å². The third-order valence-electron chi connectivity index (χ3n) is 3.64. The third-order valence-corrected chi connectivity index (χ3v) is 3.64. The topological polar surface area (TPSA) is 90.7 Å². The highest BCUT2D eigenvalue weighted by Gasteiger charge is 2.03. The second-order valence-corrected chi connectivity index (χ2v) is 6.40. The van der Waals surface area contributed by atoms with E-state index in [1.165, 1.54) is 0 Å². The number of hydrogen-bond acceptors (Lipinski definition) is 3. The summed E-state index contributed by atoms with van der Waals surface area (Å²) in [7, 11) is 0. The molecule has 0 spiro atoms. The molecule has 2 rings (SSSR count). The molecular weight excluding hydrogens is 469 g/mol. The van der Waals surface area contributed by atoms with Gasteiger partial charge in [-0.1, -0.05) is 12.1 Å². The molecule has 1 aromatic heterocycles. The van der Waals surface area contributed by atoms with Gasteiger partial charge in [-0.3, -0.25) is 0 Å². The standard InChI is InChI=1S/C20H29N5O2.HI/c1-4-21-19(22-12-11-18-6-5-13-27-18)23-14-16-7-9-17(10-8-16)25-20(26)24-15(2)3;/h5-10,13,15H,4,11-12,14H2,1-3H3,(H2,21,22,23)(H2,24,25,26);1H. The van der Waals surface area contributed by atoms with E-state index in [0.717, 1.165) is 42.5 Å². The molecule has 0 aliphatic rings. The molecule has 4 N–H and O–H groups in total. The summed E-state index contributed by atoms with van der Waals surface area (Å²) in [4.78, 5) is 16.3. The van der Waals surface area contributed by atoms with Crippen LogP contribution in [0.15, 0.2) is 52.1 Å². The van der Waals surface area contributed by atoms with E-state index in [1.54, 1.807) is 6.26 Å². The van der Waals surface area contributed by atoms with Gasteiger partial charge in [0.05, 0.1) is 12.8 Å². The van der Waals surface area contributed by atoms with E-state index in [4.69, 9.17) is 4.42 Å². The first-order valence-electron chi connectivity index (χ1n) is 9.28. The lowest BCUT2D eigenvalue weighted by atomic mass is 10.2. The zero-order valence-electron chi connectivity index (χ0n) is 16.6. The highest BCUT2D eigenvalue weighted by atomic mass is 127. The van der Waals surface area contributed by atoms with Crippen molar-refractivity contribution in [3.05, 3.63) is 54.0 Å². The smallest absolute Gasteiger partial charge is 0.319 e. The van der Waals surface area contributed by atoms with Crippen molar-refractivity contribution in [2.75, 3.05) is 18.4 Å². The summed E-state index contributed by atoms with van der Waals surface area (Å²) in [6.45, 7) is 7.96. The number of benzene rings is 1. The monoisotopic (exact) mass is 499 g/mol. The fraction of sp³-hybridized carbons (Fsp3) is 0.400. The second kappa shape index (κ2) is 13.0. The summed E-state index contributed by atoms with van der Waals surface area (Å²) < 4.78 is 5.33. The fourth-order valence-electron chi connectivity index (χ4n) is 2.39. The number of aliphatic imine (C=N–C) groups is 1. The van der Waals surface area contributed by atoms with Crippen molar-refractivity contribution in [3.63, 3.8) is 0 Å². The number of rotatable bonds is 8. The highest BCUT2D eigenvalue weighted by molar-refractivity contribution is 14.0. The maximum atomic E-state index is 11.7. The van der Waals surface area contributed by atoms with Crippen LogP contribution in [0.4, 0.5) is 10.5 Å². The van der Waals surface area contributed by atoms with E-state index in [9.17, 15) is 4.79 Å². The fourth-order valence-corrected chi connectivity index (χ4v) is 2.39.